The van der Waals surface area contributed by atoms with Gasteiger partial charge in [-0.15, -0.1) is 0 Å². The van der Waals surface area contributed by atoms with Gasteiger partial charge in [0.2, 0.25) is 5.91 Å². The summed E-state index contributed by atoms with van der Waals surface area (Å²) in [6.07, 6.45) is 0.958. The smallest absolute Gasteiger partial charge is 0.241 e. The average molecular weight is 203 g/mol. The van der Waals surface area contributed by atoms with Crippen LogP contribution in [0.25, 0.3) is 0 Å². The second kappa shape index (κ2) is 3.75. The van der Waals surface area contributed by atoms with Crippen LogP contribution in [-0.2, 0) is 4.79 Å². The lowest BCUT2D eigenvalue weighted by atomic mass is 10.2. The van der Waals surface area contributed by atoms with E-state index in [0.29, 0.717) is 0 Å². The number of amides is 1. The SMILES string of the molecule is CCC(C)N1C(=O)C(C)SC1=S. The quantitative estimate of drug-likeness (QED) is 0.641. The van der Waals surface area contributed by atoms with Crippen molar-refractivity contribution in [1.82, 2.24) is 4.90 Å². The first-order chi connectivity index (χ1) is 5.57. The molecule has 12 heavy (non-hydrogen) atoms. The molecule has 2 nitrogen and oxygen atoms in total. The fourth-order valence-corrected chi connectivity index (χ4v) is 2.73. The Morgan fingerprint density at radius 3 is 2.67 bits per heavy atom. The van der Waals surface area contributed by atoms with Crippen LogP contribution in [0.5, 0.6) is 0 Å². The third kappa shape index (κ3) is 1.64. The van der Waals surface area contributed by atoms with Crippen LogP contribution in [0, 0.1) is 0 Å². The van der Waals surface area contributed by atoms with Gasteiger partial charge >= 0.3 is 0 Å². The van der Waals surface area contributed by atoms with Gasteiger partial charge in [0.15, 0.2) is 0 Å². The summed E-state index contributed by atoms with van der Waals surface area (Å²) < 4.78 is 0.738. The highest BCUT2D eigenvalue weighted by Gasteiger charge is 2.35. The van der Waals surface area contributed by atoms with Crippen LogP contribution in [0.1, 0.15) is 27.2 Å². The number of hydrogen-bond donors (Lipinski definition) is 0. The van der Waals surface area contributed by atoms with E-state index in [-0.39, 0.29) is 17.2 Å². The van der Waals surface area contributed by atoms with E-state index in [1.807, 2.05) is 13.8 Å². The highest BCUT2D eigenvalue weighted by atomic mass is 32.2. The van der Waals surface area contributed by atoms with Gasteiger partial charge in [-0.05, 0) is 20.3 Å². The number of rotatable bonds is 2. The zero-order valence-corrected chi connectivity index (χ0v) is 9.17. The molecule has 1 fully saturated rings. The molecule has 0 aromatic carbocycles. The Morgan fingerprint density at radius 2 is 2.33 bits per heavy atom. The normalized spacial score (nSPS) is 26.6. The van der Waals surface area contributed by atoms with Crippen LogP contribution < -0.4 is 0 Å². The molecule has 2 atom stereocenters. The highest BCUT2D eigenvalue weighted by molar-refractivity contribution is 8.24. The van der Waals surface area contributed by atoms with Crippen molar-refractivity contribution in [3.05, 3.63) is 0 Å². The monoisotopic (exact) mass is 203 g/mol. The summed E-state index contributed by atoms with van der Waals surface area (Å²) in [5.41, 5.74) is 0. The Balaban J connectivity index is 2.76. The van der Waals surface area contributed by atoms with Gasteiger partial charge in [-0.3, -0.25) is 9.69 Å². The Kier molecular flexibility index (Phi) is 3.12. The second-order valence-corrected chi connectivity index (χ2v) is 4.97. The van der Waals surface area contributed by atoms with E-state index >= 15 is 0 Å². The highest BCUT2D eigenvalue weighted by Crippen LogP contribution is 2.29. The molecule has 0 saturated carbocycles. The standard InChI is InChI=1S/C8H13NOS2/c1-4-5(2)9-7(10)6(3)12-8(9)11/h5-6H,4H2,1-3H3. The average Bonchev–Trinajstić information content (AvgIpc) is 2.26. The van der Waals surface area contributed by atoms with Crippen LogP contribution in [0.15, 0.2) is 0 Å². The lowest BCUT2D eigenvalue weighted by Gasteiger charge is -2.21. The number of thioether (sulfide) groups is 1. The Morgan fingerprint density at radius 1 is 1.75 bits per heavy atom. The van der Waals surface area contributed by atoms with Gasteiger partial charge in [-0.25, -0.2) is 0 Å². The van der Waals surface area contributed by atoms with E-state index < -0.39 is 0 Å². The third-order valence-corrected chi connectivity index (χ3v) is 3.53. The number of nitrogens with zero attached hydrogens (tertiary/aromatic N) is 1. The second-order valence-electron chi connectivity index (χ2n) is 2.99. The minimum Gasteiger partial charge on any atom is -0.294 e. The zero-order valence-electron chi connectivity index (χ0n) is 7.53. The molecule has 1 rings (SSSR count). The largest absolute Gasteiger partial charge is 0.294 e. The molecule has 0 aliphatic carbocycles. The van der Waals surface area contributed by atoms with Crippen LogP contribution >= 0.6 is 24.0 Å². The Labute approximate surface area is 82.7 Å². The van der Waals surface area contributed by atoms with Crippen molar-refractivity contribution in [1.29, 1.82) is 0 Å². The van der Waals surface area contributed by atoms with Crippen molar-refractivity contribution in [3.8, 4) is 0 Å². The fourth-order valence-electron chi connectivity index (χ4n) is 1.12. The van der Waals surface area contributed by atoms with Gasteiger partial charge in [0.25, 0.3) is 0 Å². The maximum atomic E-state index is 11.5. The van der Waals surface area contributed by atoms with Gasteiger partial charge in [0.1, 0.15) is 4.32 Å². The Bertz CT molecular complexity index is 217. The van der Waals surface area contributed by atoms with Crippen LogP contribution in [0.4, 0.5) is 0 Å². The molecule has 0 radical (unpaired) electrons. The van der Waals surface area contributed by atoms with Gasteiger partial charge in [-0.1, -0.05) is 30.9 Å². The minimum atomic E-state index is 0.0199. The van der Waals surface area contributed by atoms with Gasteiger partial charge < -0.3 is 0 Å². The van der Waals surface area contributed by atoms with Crippen LogP contribution in [0.3, 0.4) is 0 Å². The molecular weight excluding hydrogens is 190 g/mol. The predicted molar refractivity (Wildman–Crippen MR) is 56.3 cm³/mol. The molecule has 0 spiro atoms. The fraction of sp³-hybridized carbons (Fsp3) is 0.750. The zero-order chi connectivity index (χ0) is 9.30. The Hall–Kier alpha value is -0.0900. The number of thiocarbonyl (C=S) groups is 1. The van der Waals surface area contributed by atoms with Crippen molar-refractivity contribution >= 4 is 34.2 Å². The summed E-state index contributed by atoms with van der Waals surface area (Å²) in [4.78, 5) is 13.3. The molecule has 1 aliphatic rings. The minimum absolute atomic E-state index is 0.0199. The van der Waals surface area contributed by atoms with Gasteiger partial charge in [0, 0.05) is 6.04 Å². The molecule has 1 saturated heterocycles. The molecule has 0 aromatic rings. The maximum Gasteiger partial charge on any atom is 0.241 e. The molecule has 68 valence electrons. The lowest BCUT2D eigenvalue weighted by molar-refractivity contribution is -0.127. The summed E-state index contributed by atoms with van der Waals surface area (Å²) in [6, 6.07) is 0.252. The number of carbonyl (C=O) groups is 1. The van der Waals surface area contributed by atoms with E-state index in [9.17, 15) is 4.79 Å². The number of hydrogen-bond acceptors (Lipinski definition) is 3. The summed E-state index contributed by atoms with van der Waals surface area (Å²) in [5.74, 6) is 0.166. The van der Waals surface area contributed by atoms with E-state index in [1.165, 1.54) is 11.8 Å². The maximum absolute atomic E-state index is 11.5. The summed E-state index contributed by atoms with van der Waals surface area (Å²) in [5, 5.41) is 0.0199. The van der Waals surface area contributed by atoms with Crippen LogP contribution in [0.2, 0.25) is 0 Å². The van der Waals surface area contributed by atoms with Crippen molar-refractivity contribution < 1.29 is 4.79 Å². The summed E-state index contributed by atoms with van der Waals surface area (Å²) in [6.45, 7) is 6.00. The van der Waals surface area contributed by atoms with E-state index in [4.69, 9.17) is 12.2 Å². The topological polar surface area (TPSA) is 20.3 Å². The molecule has 2 unspecified atom stereocenters. The van der Waals surface area contributed by atoms with E-state index in [2.05, 4.69) is 6.92 Å². The lowest BCUT2D eigenvalue weighted by Crippen LogP contribution is -2.37. The van der Waals surface area contributed by atoms with Crippen molar-refractivity contribution in [2.75, 3.05) is 0 Å². The first-order valence-corrected chi connectivity index (χ1v) is 5.40. The van der Waals surface area contributed by atoms with Gasteiger partial charge in [-0.2, -0.15) is 0 Å². The molecule has 0 aromatic heterocycles. The molecule has 0 bridgehead atoms. The van der Waals surface area contributed by atoms with Crippen molar-refractivity contribution in [3.63, 3.8) is 0 Å². The van der Waals surface area contributed by atoms with Crippen molar-refractivity contribution in [2.24, 2.45) is 0 Å². The molecular formula is C8H13NOS2. The predicted octanol–water partition coefficient (Wildman–Crippen LogP) is 2.03. The summed E-state index contributed by atoms with van der Waals surface area (Å²) >= 11 is 6.59. The molecule has 1 amide bonds. The number of carbonyl (C=O) groups excluding carboxylic acids is 1. The van der Waals surface area contributed by atoms with Gasteiger partial charge in [0.05, 0.1) is 5.25 Å². The first kappa shape index (κ1) is 9.99. The third-order valence-electron chi connectivity index (χ3n) is 2.09. The molecule has 0 N–H and O–H groups in total. The van der Waals surface area contributed by atoms with Crippen LogP contribution in [-0.4, -0.2) is 26.4 Å². The summed E-state index contributed by atoms with van der Waals surface area (Å²) in [7, 11) is 0. The molecule has 4 heteroatoms. The first-order valence-electron chi connectivity index (χ1n) is 4.11. The molecule has 1 aliphatic heterocycles. The molecule has 1 heterocycles. The van der Waals surface area contributed by atoms with Crippen molar-refractivity contribution in [2.45, 2.75) is 38.5 Å². The van der Waals surface area contributed by atoms with E-state index in [1.54, 1.807) is 4.90 Å². The van der Waals surface area contributed by atoms with E-state index in [0.717, 1.165) is 10.7 Å².